The number of nitrogens with zero attached hydrogens (tertiary/aromatic N) is 2. The van der Waals surface area contributed by atoms with Crippen LogP contribution in [0.1, 0.15) is 44.3 Å². The van der Waals surface area contributed by atoms with Crippen LogP contribution < -0.4 is 5.73 Å². The van der Waals surface area contributed by atoms with Crippen LogP contribution in [0.25, 0.3) is 0 Å². The molecule has 1 aromatic rings. The van der Waals surface area contributed by atoms with Gasteiger partial charge in [0.1, 0.15) is 0 Å². The Labute approximate surface area is 94.0 Å². The first kappa shape index (κ1) is 11.0. The lowest BCUT2D eigenvalue weighted by atomic mass is 10.1. The maximum absolute atomic E-state index is 5.88. The third-order valence-electron chi connectivity index (χ3n) is 2.13. The lowest BCUT2D eigenvalue weighted by Gasteiger charge is -2.16. The fraction of sp³-hybridized carbons (Fsp3) is 0.800. The van der Waals surface area contributed by atoms with Crippen LogP contribution >= 0.6 is 11.8 Å². The van der Waals surface area contributed by atoms with E-state index in [0.29, 0.717) is 5.92 Å². The van der Waals surface area contributed by atoms with Crippen molar-refractivity contribution in [1.82, 2.24) is 10.1 Å². The summed E-state index contributed by atoms with van der Waals surface area (Å²) in [7, 11) is 0. The van der Waals surface area contributed by atoms with E-state index in [1.54, 1.807) is 11.8 Å². The quantitative estimate of drug-likeness (QED) is 0.832. The summed E-state index contributed by atoms with van der Waals surface area (Å²) in [4.78, 5) is 4.35. The molecular formula is C10H17N3OS. The van der Waals surface area contributed by atoms with Crippen LogP contribution in [0.5, 0.6) is 0 Å². The van der Waals surface area contributed by atoms with Gasteiger partial charge in [0.2, 0.25) is 5.89 Å². The zero-order chi connectivity index (χ0) is 10.9. The Morgan fingerprint density at radius 2 is 2.27 bits per heavy atom. The van der Waals surface area contributed by atoms with E-state index >= 15 is 0 Å². The normalized spacial score (nSPS) is 17.0. The molecule has 0 amide bonds. The monoisotopic (exact) mass is 227 g/mol. The molecule has 2 rings (SSSR count). The summed E-state index contributed by atoms with van der Waals surface area (Å²) in [6.45, 7) is 4.03. The molecule has 2 N–H and O–H groups in total. The van der Waals surface area contributed by atoms with E-state index in [0.717, 1.165) is 23.2 Å². The first-order chi connectivity index (χ1) is 7.04. The van der Waals surface area contributed by atoms with E-state index in [4.69, 9.17) is 10.3 Å². The molecule has 4 nitrogen and oxygen atoms in total. The summed E-state index contributed by atoms with van der Waals surface area (Å²) >= 11 is 1.74. The Morgan fingerprint density at radius 1 is 1.53 bits per heavy atom. The van der Waals surface area contributed by atoms with Crippen molar-refractivity contribution in [3.8, 4) is 0 Å². The fourth-order valence-electron chi connectivity index (χ4n) is 1.24. The second kappa shape index (κ2) is 4.14. The molecule has 1 aromatic heterocycles. The highest BCUT2D eigenvalue weighted by Crippen LogP contribution is 2.38. The number of hydrogen-bond donors (Lipinski definition) is 1. The maximum Gasteiger partial charge on any atom is 0.236 e. The van der Waals surface area contributed by atoms with Gasteiger partial charge >= 0.3 is 0 Å². The standard InChI is InChI=1S/C10H17N3OS/c1-10(2,11)6-15-5-8-12-9(13-14-8)7-3-4-7/h7H,3-6,11H2,1-2H3. The third-order valence-corrected chi connectivity index (χ3v) is 3.53. The van der Waals surface area contributed by atoms with Crippen molar-refractivity contribution in [1.29, 1.82) is 0 Å². The lowest BCUT2D eigenvalue weighted by molar-refractivity contribution is 0.385. The molecule has 0 bridgehead atoms. The van der Waals surface area contributed by atoms with Gasteiger partial charge in [0, 0.05) is 17.2 Å². The summed E-state index contributed by atoms with van der Waals surface area (Å²) < 4.78 is 5.16. The molecule has 5 heteroatoms. The maximum atomic E-state index is 5.88. The van der Waals surface area contributed by atoms with Gasteiger partial charge in [0.05, 0.1) is 5.75 Å². The molecule has 1 saturated carbocycles. The molecule has 0 atom stereocenters. The Balaban J connectivity index is 1.78. The predicted octanol–water partition coefficient (Wildman–Crippen LogP) is 1.92. The average Bonchev–Trinajstić information content (AvgIpc) is 2.86. The van der Waals surface area contributed by atoms with E-state index in [1.165, 1.54) is 12.8 Å². The summed E-state index contributed by atoms with van der Waals surface area (Å²) in [6.07, 6.45) is 2.42. The van der Waals surface area contributed by atoms with Gasteiger partial charge in [-0.25, -0.2) is 0 Å². The second-order valence-corrected chi connectivity index (χ2v) is 5.79. The van der Waals surface area contributed by atoms with Crippen LogP contribution in [0.3, 0.4) is 0 Å². The van der Waals surface area contributed by atoms with Gasteiger partial charge in [-0.3, -0.25) is 0 Å². The highest BCUT2D eigenvalue weighted by atomic mass is 32.2. The summed E-state index contributed by atoms with van der Waals surface area (Å²) in [5.74, 6) is 3.84. The molecule has 1 fully saturated rings. The van der Waals surface area contributed by atoms with Crippen LogP contribution in [-0.2, 0) is 5.75 Å². The minimum atomic E-state index is -0.135. The SMILES string of the molecule is CC(C)(N)CSCc1nc(C2CC2)no1. The molecule has 0 aliphatic heterocycles. The lowest BCUT2D eigenvalue weighted by Crippen LogP contribution is -2.34. The van der Waals surface area contributed by atoms with Gasteiger partial charge in [-0.1, -0.05) is 5.16 Å². The largest absolute Gasteiger partial charge is 0.338 e. The Hall–Kier alpha value is -0.550. The van der Waals surface area contributed by atoms with Crippen LogP contribution in [0.2, 0.25) is 0 Å². The summed E-state index contributed by atoms with van der Waals surface area (Å²) in [5, 5.41) is 3.96. The van der Waals surface area contributed by atoms with Crippen molar-refractivity contribution in [2.75, 3.05) is 5.75 Å². The Kier molecular flexibility index (Phi) is 3.02. The van der Waals surface area contributed by atoms with Gasteiger partial charge in [-0.15, -0.1) is 0 Å². The van der Waals surface area contributed by atoms with Crippen LogP contribution in [0, 0.1) is 0 Å². The highest BCUT2D eigenvalue weighted by molar-refractivity contribution is 7.98. The molecule has 15 heavy (non-hydrogen) atoms. The molecule has 0 saturated heterocycles. The Morgan fingerprint density at radius 3 is 2.87 bits per heavy atom. The number of thioether (sulfide) groups is 1. The van der Waals surface area contributed by atoms with Crippen molar-refractivity contribution in [3.63, 3.8) is 0 Å². The van der Waals surface area contributed by atoms with E-state index in [9.17, 15) is 0 Å². The molecule has 0 spiro atoms. The van der Waals surface area contributed by atoms with E-state index in [1.807, 2.05) is 13.8 Å². The van der Waals surface area contributed by atoms with Crippen molar-refractivity contribution >= 4 is 11.8 Å². The van der Waals surface area contributed by atoms with Gasteiger partial charge in [0.15, 0.2) is 5.82 Å². The minimum Gasteiger partial charge on any atom is -0.338 e. The number of aromatic nitrogens is 2. The Bertz CT molecular complexity index is 328. The number of nitrogens with two attached hydrogens (primary N) is 1. The van der Waals surface area contributed by atoms with E-state index in [-0.39, 0.29) is 5.54 Å². The minimum absolute atomic E-state index is 0.135. The van der Waals surface area contributed by atoms with Gasteiger partial charge < -0.3 is 10.3 Å². The smallest absolute Gasteiger partial charge is 0.236 e. The van der Waals surface area contributed by atoms with Gasteiger partial charge in [-0.2, -0.15) is 16.7 Å². The topological polar surface area (TPSA) is 64.9 Å². The van der Waals surface area contributed by atoms with Crippen LogP contribution in [-0.4, -0.2) is 21.4 Å². The highest BCUT2D eigenvalue weighted by Gasteiger charge is 2.28. The van der Waals surface area contributed by atoms with Crippen molar-refractivity contribution in [2.45, 2.75) is 43.9 Å². The molecule has 0 unspecified atom stereocenters. The third kappa shape index (κ3) is 3.50. The summed E-state index contributed by atoms with van der Waals surface area (Å²) in [6, 6.07) is 0. The molecular weight excluding hydrogens is 210 g/mol. The number of rotatable bonds is 5. The van der Waals surface area contributed by atoms with Crippen molar-refractivity contribution in [3.05, 3.63) is 11.7 Å². The second-order valence-electron chi connectivity index (χ2n) is 4.80. The molecule has 1 aliphatic rings. The van der Waals surface area contributed by atoms with Crippen molar-refractivity contribution < 1.29 is 4.52 Å². The molecule has 1 heterocycles. The molecule has 1 aliphatic carbocycles. The molecule has 84 valence electrons. The van der Waals surface area contributed by atoms with Crippen molar-refractivity contribution in [2.24, 2.45) is 5.73 Å². The van der Waals surface area contributed by atoms with Crippen LogP contribution in [0.15, 0.2) is 4.52 Å². The number of hydrogen-bond acceptors (Lipinski definition) is 5. The van der Waals surface area contributed by atoms with Crippen LogP contribution in [0.4, 0.5) is 0 Å². The molecule has 0 aromatic carbocycles. The zero-order valence-electron chi connectivity index (χ0n) is 9.19. The molecule has 0 radical (unpaired) electrons. The zero-order valence-corrected chi connectivity index (χ0v) is 10.0. The van der Waals surface area contributed by atoms with E-state index in [2.05, 4.69) is 10.1 Å². The van der Waals surface area contributed by atoms with Gasteiger partial charge in [0.25, 0.3) is 0 Å². The average molecular weight is 227 g/mol. The van der Waals surface area contributed by atoms with E-state index < -0.39 is 0 Å². The summed E-state index contributed by atoms with van der Waals surface area (Å²) in [5.41, 5.74) is 5.74. The first-order valence-electron chi connectivity index (χ1n) is 5.24. The van der Waals surface area contributed by atoms with Gasteiger partial charge in [-0.05, 0) is 26.7 Å². The fourth-order valence-corrected chi connectivity index (χ4v) is 2.16. The first-order valence-corrected chi connectivity index (χ1v) is 6.39. The predicted molar refractivity (Wildman–Crippen MR) is 60.7 cm³/mol.